The van der Waals surface area contributed by atoms with Gasteiger partial charge in [0.15, 0.2) is 0 Å². The third-order valence-electron chi connectivity index (χ3n) is 2.86. The first kappa shape index (κ1) is 13.0. The topological polar surface area (TPSA) is 70.2 Å². The average Bonchev–Trinajstić information content (AvgIpc) is 2.79. The smallest absolute Gasteiger partial charge is 0.233 e. The fourth-order valence-electron chi connectivity index (χ4n) is 1.87. The summed E-state index contributed by atoms with van der Waals surface area (Å²) < 4.78 is 0. The van der Waals surface area contributed by atoms with Gasteiger partial charge < -0.3 is 16.0 Å². The van der Waals surface area contributed by atoms with Gasteiger partial charge in [-0.25, -0.2) is 0 Å². The molecule has 0 saturated heterocycles. The molecule has 0 aromatic carbocycles. The minimum absolute atomic E-state index is 0.0317. The molecular formula is C11H21N3O2. The highest BCUT2D eigenvalue weighted by molar-refractivity contribution is 5.79. The van der Waals surface area contributed by atoms with Crippen molar-refractivity contribution in [2.45, 2.75) is 38.1 Å². The molecule has 1 saturated carbocycles. The van der Waals surface area contributed by atoms with E-state index in [1.165, 1.54) is 25.7 Å². The van der Waals surface area contributed by atoms with Crippen LogP contribution >= 0.6 is 0 Å². The van der Waals surface area contributed by atoms with Gasteiger partial charge in [-0.15, -0.1) is 0 Å². The molecule has 0 heterocycles. The quantitative estimate of drug-likeness (QED) is 0.587. The summed E-state index contributed by atoms with van der Waals surface area (Å²) in [7, 11) is 1.59. The number of carbonyl (C=O) groups is 2. The van der Waals surface area contributed by atoms with Gasteiger partial charge in [-0.2, -0.15) is 0 Å². The van der Waals surface area contributed by atoms with E-state index >= 15 is 0 Å². The molecule has 0 aromatic heterocycles. The Morgan fingerprint density at radius 1 is 1.19 bits per heavy atom. The summed E-state index contributed by atoms with van der Waals surface area (Å²) in [6.07, 6.45) is 5.20. The lowest BCUT2D eigenvalue weighted by Gasteiger charge is -2.11. The van der Waals surface area contributed by atoms with Crippen LogP contribution in [-0.2, 0) is 9.59 Å². The van der Waals surface area contributed by atoms with Crippen LogP contribution in [0.1, 0.15) is 32.1 Å². The third kappa shape index (κ3) is 5.11. The Labute approximate surface area is 96.4 Å². The maximum Gasteiger partial charge on any atom is 0.233 e. The van der Waals surface area contributed by atoms with Crippen molar-refractivity contribution in [3.63, 3.8) is 0 Å². The van der Waals surface area contributed by atoms with Crippen molar-refractivity contribution in [1.82, 2.24) is 16.0 Å². The van der Waals surface area contributed by atoms with E-state index in [2.05, 4.69) is 16.0 Å². The molecule has 5 nitrogen and oxygen atoms in total. The van der Waals surface area contributed by atoms with Gasteiger partial charge in [-0.3, -0.25) is 9.59 Å². The molecule has 3 N–H and O–H groups in total. The molecular weight excluding hydrogens is 206 g/mol. The number of hydrogen-bond acceptors (Lipinski definition) is 3. The summed E-state index contributed by atoms with van der Waals surface area (Å²) in [5, 5.41) is 8.44. The summed E-state index contributed by atoms with van der Waals surface area (Å²) >= 11 is 0. The van der Waals surface area contributed by atoms with Crippen molar-refractivity contribution in [3.8, 4) is 0 Å². The van der Waals surface area contributed by atoms with Gasteiger partial charge in [-0.05, 0) is 12.8 Å². The lowest BCUT2D eigenvalue weighted by atomic mass is 10.2. The van der Waals surface area contributed by atoms with Gasteiger partial charge in [0.1, 0.15) is 0 Å². The zero-order valence-corrected chi connectivity index (χ0v) is 9.84. The molecule has 0 bridgehead atoms. The van der Waals surface area contributed by atoms with E-state index in [-0.39, 0.29) is 11.8 Å². The Kier molecular flexibility index (Phi) is 5.85. The lowest BCUT2D eigenvalue weighted by molar-refractivity contribution is -0.121. The van der Waals surface area contributed by atoms with Crippen molar-refractivity contribution in [2.75, 3.05) is 20.1 Å². The molecule has 0 atom stereocenters. The first-order valence-electron chi connectivity index (χ1n) is 5.93. The number of nitrogens with one attached hydrogen (secondary N) is 3. The molecule has 0 aromatic rings. The molecule has 0 radical (unpaired) electrons. The number of hydrogen-bond donors (Lipinski definition) is 3. The number of carbonyl (C=O) groups excluding carboxylic acids is 2. The maximum absolute atomic E-state index is 11.4. The predicted molar refractivity (Wildman–Crippen MR) is 62.0 cm³/mol. The summed E-state index contributed by atoms with van der Waals surface area (Å²) in [6.45, 7) is 0.767. The highest BCUT2D eigenvalue weighted by Gasteiger charge is 2.14. The van der Waals surface area contributed by atoms with Gasteiger partial charge in [0.25, 0.3) is 0 Å². The van der Waals surface area contributed by atoms with Crippen molar-refractivity contribution in [2.24, 2.45) is 0 Å². The van der Waals surface area contributed by atoms with E-state index in [9.17, 15) is 9.59 Å². The highest BCUT2D eigenvalue weighted by atomic mass is 16.2. The monoisotopic (exact) mass is 227 g/mol. The van der Waals surface area contributed by atoms with Gasteiger partial charge >= 0.3 is 0 Å². The number of amides is 2. The largest absolute Gasteiger partial charge is 0.359 e. The minimum atomic E-state index is -0.0518. The second-order valence-electron chi connectivity index (χ2n) is 4.14. The van der Waals surface area contributed by atoms with E-state index < -0.39 is 0 Å². The molecule has 1 aliphatic carbocycles. The Hall–Kier alpha value is -1.10. The minimum Gasteiger partial charge on any atom is -0.359 e. The molecule has 16 heavy (non-hydrogen) atoms. The fraction of sp³-hybridized carbons (Fsp3) is 0.818. The van der Waals surface area contributed by atoms with E-state index in [4.69, 9.17) is 0 Å². The normalized spacial score (nSPS) is 16.1. The van der Waals surface area contributed by atoms with E-state index in [1.807, 2.05) is 0 Å². The van der Waals surface area contributed by atoms with Crippen LogP contribution in [0.4, 0.5) is 0 Å². The molecule has 5 heteroatoms. The van der Waals surface area contributed by atoms with Crippen LogP contribution in [-0.4, -0.2) is 38.0 Å². The second kappa shape index (κ2) is 7.22. The summed E-state index contributed by atoms with van der Waals surface area (Å²) in [5.41, 5.74) is 0. The molecule has 92 valence electrons. The standard InChI is InChI=1S/C11H21N3O2/c1-12-10(15)6-7-13-11(16)8-14-9-4-2-3-5-9/h9,14H,2-8H2,1H3,(H,12,15)(H,13,16). The van der Waals surface area contributed by atoms with Crippen LogP contribution in [0.5, 0.6) is 0 Å². The summed E-state index contributed by atoms with van der Waals surface area (Å²) in [4.78, 5) is 22.2. The molecule has 1 fully saturated rings. The SMILES string of the molecule is CNC(=O)CCNC(=O)CNC1CCCC1. The van der Waals surface area contributed by atoms with Gasteiger partial charge in [-0.1, -0.05) is 12.8 Å². The van der Waals surface area contributed by atoms with Crippen LogP contribution in [0.2, 0.25) is 0 Å². The summed E-state index contributed by atoms with van der Waals surface area (Å²) in [5.74, 6) is -0.0835. The van der Waals surface area contributed by atoms with Crippen molar-refractivity contribution in [3.05, 3.63) is 0 Å². The first-order valence-corrected chi connectivity index (χ1v) is 5.93. The Morgan fingerprint density at radius 2 is 1.88 bits per heavy atom. The molecule has 1 aliphatic rings. The average molecular weight is 227 g/mol. The van der Waals surface area contributed by atoms with E-state index in [1.54, 1.807) is 7.05 Å². The maximum atomic E-state index is 11.4. The van der Waals surface area contributed by atoms with E-state index in [0.29, 0.717) is 25.6 Å². The Morgan fingerprint density at radius 3 is 2.50 bits per heavy atom. The predicted octanol–water partition coefficient (Wildman–Crippen LogP) is -0.229. The van der Waals surface area contributed by atoms with Gasteiger partial charge in [0, 0.05) is 26.1 Å². The van der Waals surface area contributed by atoms with Crippen LogP contribution < -0.4 is 16.0 Å². The zero-order valence-electron chi connectivity index (χ0n) is 9.84. The fourth-order valence-corrected chi connectivity index (χ4v) is 1.87. The van der Waals surface area contributed by atoms with Crippen LogP contribution in [0, 0.1) is 0 Å². The Bertz CT molecular complexity index is 237. The number of rotatable bonds is 6. The van der Waals surface area contributed by atoms with E-state index in [0.717, 1.165) is 0 Å². The molecule has 2 amide bonds. The van der Waals surface area contributed by atoms with Crippen LogP contribution in [0.15, 0.2) is 0 Å². The highest BCUT2D eigenvalue weighted by Crippen LogP contribution is 2.17. The van der Waals surface area contributed by atoms with Crippen molar-refractivity contribution < 1.29 is 9.59 Å². The Balaban J connectivity index is 2.00. The molecule has 0 unspecified atom stereocenters. The van der Waals surface area contributed by atoms with Crippen LogP contribution in [0.25, 0.3) is 0 Å². The van der Waals surface area contributed by atoms with Crippen molar-refractivity contribution >= 4 is 11.8 Å². The third-order valence-corrected chi connectivity index (χ3v) is 2.86. The molecule has 0 spiro atoms. The van der Waals surface area contributed by atoms with Crippen LogP contribution in [0.3, 0.4) is 0 Å². The lowest BCUT2D eigenvalue weighted by Crippen LogP contribution is -2.39. The zero-order chi connectivity index (χ0) is 11.8. The second-order valence-corrected chi connectivity index (χ2v) is 4.14. The molecule has 1 rings (SSSR count). The first-order chi connectivity index (χ1) is 7.72. The molecule has 0 aliphatic heterocycles. The summed E-state index contributed by atoms with van der Waals surface area (Å²) in [6, 6.07) is 0.504. The van der Waals surface area contributed by atoms with Crippen molar-refractivity contribution in [1.29, 1.82) is 0 Å². The van der Waals surface area contributed by atoms with Gasteiger partial charge in [0.05, 0.1) is 6.54 Å². The van der Waals surface area contributed by atoms with Gasteiger partial charge in [0.2, 0.25) is 11.8 Å².